The van der Waals surface area contributed by atoms with Crippen molar-refractivity contribution in [2.45, 2.75) is 12.5 Å². The smallest absolute Gasteiger partial charge is 0.158 e. The van der Waals surface area contributed by atoms with E-state index in [0.29, 0.717) is 12.4 Å². The van der Waals surface area contributed by atoms with Crippen LogP contribution in [0.1, 0.15) is 5.56 Å². The van der Waals surface area contributed by atoms with Crippen molar-refractivity contribution < 1.29 is 9.47 Å². The van der Waals surface area contributed by atoms with Crippen LogP contribution in [0.2, 0.25) is 0 Å². The van der Waals surface area contributed by atoms with Gasteiger partial charge in [-0.2, -0.15) is 5.10 Å². The maximum absolute atomic E-state index is 6.41. The van der Waals surface area contributed by atoms with Crippen molar-refractivity contribution in [3.05, 3.63) is 72.7 Å². The number of nitrogens with two attached hydrogens (primary N) is 1. The van der Waals surface area contributed by atoms with Crippen molar-refractivity contribution in [3.63, 3.8) is 0 Å². The van der Waals surface area contributed by atoms with Crippen molar-refractivity contribution in [1.29, 1.82) is 0 Å². The third-order valence-corrected chi connectivity index (χ3v) is 6.52. The van der Waals surface area contributed by atoms with Crippen molar-refractivity contribution in [2.75, 3.05) is 37.8 Å². The highest BCUT2D eigenvalue weighted by Crippen LogP contribution is 2.31. The molecule has 2 aromatic carbocycles. The number of benzene rings is 2. The molecular weight excluding hydrogens is 440 g/mol. The summed E-state index contributed by atoms with van der Waals surface area (Å²) in [7, 11) is 0. The Balaban J connectivity index is 1.17. The van der Waals surface area contributed by atoms with Gasteiger partial charge in [0.1, 0.15) is 12.4 Å². The molecule has 1 aliphatic heterocycles. The first-order chi connectivity index (χ1) is 17.2. The van der Waals surface area contributed by atoms with Gasteiger partial charge in [-0.3, -0.25) is 10.1 Å². The molecule has 8 nitrogen and oxygen atoms in total. The quantitative estimate of drug-likeness (QED) is 0.335. The van der Waals surface area contributed by atoms with Gasteiger partial charge in [0, 0.05) is 53.4 Å². The van der Waals surface area contributed by atoms with Crippen molar-refractivity contribution in [3.8, 4) is 16.9 Å². The Hall–Kier alpha value is -3.88. The molecule has 0 bridgehead atoms. The Morgan fingerprint density at radius 3 is 2.80 bits per heavy atom. The predicted molar refractivity (Wildman–Crippen MR) is 138 cm³/mol. The number of rotatable bonds is 7. The fourth-order valence-corrected chi connectivity index (χ4v) is 4.70. The summed E-state index contributed by atoms with van der Waals surface area (Å²) in [6.45, 7) is 3.54. The van der Waals surface area contributed by atoms with Gasteiger partial charge in [-0.25, -0.2) is 0 Å². The number of nitrogens with zero attached hydrogens (tertiary/aromatic N) is 3. The molecule has 0 amide bonds. The Morgan fingerprint density at radius 1 is 1.00 bits per heavy atom. The molecule has 0 aliphatic carbocycles. The number of nitrogens with one attached hydrogen (secondary N) is 2. The van der Waals surface area contributed by atoms with Gasteiger partial charge in [0.05, 0.1) is 24.9 Å². The molecule has 1 fully saturated rings. The molecular formula is C27H28N6O2. The van der Waals surface area contributed by atoms with E-state index in [1.54, 1.807) is 6.20 Å². The minimum absolute atomic E-state index is 0.128. The maximum atomic E-state index is 6.41. The van der Waals surface area contributed by atoms with E-state index < -0.39 is 0 Å². The number of fused-ring (bicyclic) bond motifs is 2. The number of pyridine rings is 1. The molecule has 1 aliphatic rings. The summed E-state index contributed by atoms with van der Waals surface area (Å²) in [6, 6.07) is 16.4. The summed E-state index contributed by atoms with van der Waals surface area (Å²) >= 11 is 0. The van der Waals surface area contributed by atoms with E-state index in [4.69, 9.17) is 15.2 Å². The molecule has 8 heteroatoms. The standard InChI is InChI=1S/C27H28N6O2/c28-21(11-20-15-30-25-4-2-1-3-23(20)25)17-35-22-12-19(14-29-16-22)18-5-6-26-24(13-18)27(32-31-26)33-7-9-34-10-8-33/h1-6,12-16,21,30H,7-11,17,28H2,(H,31,32). The van der Waals surface area contributed by atoms with E-state index in [-0.39, 0.29) is 6.04 Å². The zero-order valence-electron chi connectivity index (χ0n) is 19.4. The lowest BCUT2D eigenvalue weighted by atomic mass is 10.1. The Kier molecular flexibility index (Phi) is 5.81. The second-order valence-corrected chi connectivity index (χ2v) is 8.95. The van der Waals surface area contributed by atoms with Crippen LogP contribution in [0.25, 0.3) is 32.9 Å². The first-order valence-corrected chi connectivity index (χ1v) is 11.9. The topological polar surface area (TPSA) is 105 Å². The maximum Gasteiger partial charge on any atom is 0.158 e. The second kappa shape index (κ2) is 9.40. The van der Waals surface area contributed by atoms with E-state index in [0.717, 1.165) is 66.1 Å². The molecule has 1 atom stereocenters. The molecule has 0 saturated carbocycles. The van der Waals surface area contributed by atoms with E-state index >= 15 is 0 Å². The lowest BCUT2D eigenvalue weighted by molar-refractivity contribution is 0.122. The van der Waals surface area contributed by atoms with Crippen LogP contribution in [0.4, 0.5) is 5.82 Å². The Labute approximate surface area is 203 Å². The van der Waals surface area contributed by atoms with Crippen LogP contribution in [-0.4, -0.2) is 59.1 Å². The lowest BCUT2D eigenvalue weighted by Crippen LogP contribution is -2.36. The van der Waals surface area contributed by atoms with Crippen LogP contribution in [0.15, 0.2) is 67.1 Å². The molecule has 0 radical (unpaired) electrons. The van der Waals surface area contributed by atoms with Gasteiger partial charge in [0.15, 0.2) is 5.82 Å². The first kappa shape index (κ1) is 21.6. The molecule has 6 rings (SSSR count). The first-order valence-electron chi connectivity index (χ1n) is 11.9. The highest BCUT2D eigenvalue weighted by atomic mass is 16.5. The normalized spacial score (nSPS) is 15.1. The number of aromatic nitrogens is 4. The number of hydrogen-bond donors (Lipinski definition) is 3. The molecule has 3 aromatic heterocycles. The van der Waals surface area contributed by atoms with Crippen LogP contribution >= 0.6 is 0 Å². The van der Waals surface area contributed by atoms with Crippen LogP contribution in [0, 0.1) is 0 Å². The zero-order chi connectivity index (χ0) is 23.6. The van der Waals surface area contributed by atoms with Crippen LogP contribution in [0.3, 0.4) is 0 Å². The number of aromatic amines is 2. The number of morpholine rings is 1. The molecule has 5 aromatic rings. The SMILES string of the molecule is NC(COc1cncc(-c2ccc3[nH]nc(N4CCOCC4)c3c2)c1)Cc1c[nH]c2ccccc12. The van der Waals surface area contributed by atoms with Gasteiger partial charge in [0.2, 0.25) is 0 Å². The van der Waals surface area contributed by atoms with Crippen molar-refractivity contribution in [1.82, 2.24) is 20.2 Å². The van der Waals surface area contributed by atoms with E-state index in [1.165, 1.54) is 10.9 Å². The number of ether oxygens (including phenoxy) is 2. The fourth-order valence-electron chi connectivity index (χ4n) is 4.70. The molecule has 4 heterocycles. The van der Waals surface area contributed by atoms with Crippen molar-refractivity contribution in [2.24, 2.45) is 5.73 Å². The summed E-state index contributed by atoms with van der Waals surface area (Å²) in [5.41, 5.74) is 11.8. The Morgan fingerprint density at radius 2 is 1.89 bits per heavy atom. The number of para-hydroxylation sites is 1. The monoisotopic (exact) mass is 468 g/mol. The lowest BCUT2D eigenvalue weighted by Gasteiger charge is -2.26. The van der Waals surface area contributed by atoms with Crippen LogP contribution in [-0.2, 0) is 11.2 Å². The van der Waals surface area contributed by atoms with E-state index in [1.807, 2.05) is 30.6 Å². The van der Waals surface area contributed by atoms with Gasteiger partial charge in [0.25, 0.3) is 0 Å². The number of anilines is 1. The zero-order valence-corrected chi connectivity index (χ0v) is 19.4. The molecule has 4 N–H and O–H groups in total. The minimum Gasteiger partial charge on any atom is -0.490 e. The molecule has 1 unspecified atom stereocenters. The number of H-pyrrole nitrogens is 2. The third-order valence-electron chi connectivity index (χ3n) is 6.52. The Bertz CT molecular complexity index is 1450. The predicted octanol–water partition coefficient (Wildman–Crippen LogP) is 3.89. The van der Waals surface area contributed by atoms with Crippen molar-refractivity contribution >= 4 is 27.6 Å². The molecule has 35 heavy (non-hydrogen) atoms. The fraction of sp³-hybridized carbons (Fsp3) is 0.259. The average Bonchev–Trinajstić information content (AvgIpc) is 3.52. The minimum atomic E-state index is -0.128. The summed E-state index contributed by atoms with van der Waals surface area (Å²) in [5, 5.41) is 10.0. The van der Waals surface area contributed by atoms with Crippen LogP contribution in [0.5, 0.6) is 5.75 Å². The average molecular weight is 469 g/mol. The third kappa shape index (κ3) is 4.45. The van der Waals surface area contributed by atoms with E-state index in [2.05, 4.69) is 55.4 Å². The van der Waals surface area contributed by atoms with Gasteiger partial charge < -0.3 is 25.1 Å². The van der Waals surface area contributed by atoms with Gasteiger partial charge in [-0.05, 0) is 41.8 Å². The molecule has 0 spiro atoms. The highest BCUT2D eigenvalue weighted by Gasteiger charge is 2.17. The largest absolute Gasteiger partial charge is 0.490 e. The van der Waals surface area contributed by atoms with Gasteiger partial charge in [-0.1, -0.05) is 24.3 Å². The second-order valence-electron chi connectivity index (χ2n) is 8.95. The molecule has 178 valence electrons. The van der Waals surface area contributed by atoms with Gasteiger partial charge in [-0.15, -0.1) is 0 Å². The number of hydrogen-bond acceptors (Lipinski definition) is 6. The summed E-state index contributed by atoms with van der Waals surface area (Å²) in [4.78, 5) is 9.98. The summed E-state index contributed by atoms with van der Waals surface area (Å²) in [6.07, 6.45) is 6.36. The van der Waals surface area contributed by atoms with Crippen LogP contribution < -0.4 is 15.4 Å². The highest BCUT2D eigenvalue weighted by molar-refractivity contribution is 5.93. The summed E-state index contributed by atoms with van der Waals surface area (Å²) in [5.74, 6) is 1.67. The van der Waals surface area contributed by atoms with Gasteiger partial charge >= 0.3 is 0 Å². The van der Waals surface area contributed by atoms with E-state index in [9.17, 15) is 0 Å². The summed E-state index contributed by atoms with van der Waals surface area (Å²) < 4.78 is 11.5. The molecule has 1 saturated heterocycles.